The minimum atomic E-state index is -1.64. The second kappa shape index (κ2) is 8.08. The predicted octanol–water partition coefficient (Wildman–Crippen LogP) is 3.28. The van der Waals surface area contributed by atoms with Crippen LogP contribution >= 0.6 is 0 Å². The summed E-state index contributed by atoms with van der Waals surface area (Å²) in [5.74, 6) is 0. The van der Waals surface area contributed by atoms with Crippen LogP contribution in [0.15, 0.2) is 72.4 Å². The number of hydrogen-bond donors (Lipinski definition) is 1. The number of aliphatic hydroxyl groups excluding tert-OH is 1. The van der Waals surface area contributed by atoms with Crippen molar-refractivity contribution in [3.8, 4) is 0 Å². The Morgan fingerprint density at radius 2 is 1.59 bits per heavy atom. The topological polar surface area (TPSA) is 29.5 Å². The van der Waals surface area contributed by atoms with E-state index >= 15 is 0 Å². The van der Waals surface area contributed by atoms with Gasteiger partial charge in [0.2, 0.25) is 0 Å². The van der Waals surface area contributed by atoms with E-state index in [4.69, 9.17) is 4.74 Å². The van der Waals surface area contributed by atoms with E-state index in [1.807, 2.05) is 42.5 Å². The highest BCUT2D eigenvalue weighted by atomic mass is 28.3. The first-order valence-corrected chi connectivity index (χ1v) is 10.7. The van der Waals surface area contributed by atoms with Crippen LogP contribution in [0, 0.1) is 0 Å². The van der Waals surface area contributed by atoms with Crippen molar-refractivity contribution in [2.75, 3.05) is 6.61 Å². The summed E-state index contributed by atoms with van der Waals surface area (Å²) in [6.45, 7) is 5.41. The maximum absolute atomic E-state index is 10.0. The van der Waals surface area contributed by atoms with Crippen LogP contribution in [0.2, 0.25) is 13.1 Å². The van der Waals surface area contributed by atoms with Gasteiger partial charge in [0.25, 0.3) is 0 Å². The number of rotatable bonds is 7. The van der Waals surface area contributed by atoms with Crippen molar-refractivity contribution < 1.29 is 9.84 Å². The number of ether oxygens (including phenoxy) is 1. The Kier molecular flexibility index (Phi) is 6.13. The lowest BCUT2D eigenvalue weighted by molar-refractivity contribution is 0.0504. The van der Waals surface area contributed by atoms with Crippen LogP contribution < -0.4 is 5.19 Å². The van der Waals surface area contributed by atoms with Crippen molar-refractivity contribution in [1.82, 2.24) is 0 Å². The van der Waals surface area contributed by atoms with Gasteiger partial charge in [-0.1, -0.05) is 90.7 Å². The Labute approximate surface area is 134 Å². The summed E-state index contributed by atoms with van der Waals surface area (Å²) >= 11 is 0. The van der Waals surface area contributed by atoms with E-state index in [0.29, 0.717) is 13.2 Å². The van der Waals surface area contributed by atoms with Gasteiger partial charge in [-0.25, -0.2) is 0 Å². The molecule has 2 aromatic carbocycles. The van der Waals surface area contributed by atoms with Crippen LogP contribution in [-0.2, 0) is 11.3 Å². The lowest BCUT2D eigenvalue weighted by atomic mass is 10.2. The maximum atomic E-state index is 10.0. The smallest absolute Gasteiger partial charge is 0.103 e. The molecule has 0 saturated carbocycles. The van der Waals surface area contributed by atoms with Gasteiger partial charge in [0.15, 0.2) is 0 Å². The molecule has 0 aliphatic carbocycles. The average Bonchev–Trinajstić information content (AvgIpc) is 2.55. The lowest BCUT2D eigenvalue weighted by Gasteiger charge is -2.19. The van der Waals surface area contributed by atoms with Crippen LogP contribution in [0.25, 0.3) is 0 Å². The predicted molar refractivity (Wildman–Crippen MR) is 94.8 cm³/mol. The van der Waals surface area contributed by atoms with Crippen molar-refractivity contribution in [2.24, 2.45) is 0 Å². The molecule has 0 radical (unpaired) electrons. The van der Waals surface area contributed by atoms with Crippen molar-refractivity contribution in [3.05, 3.63) is 78.0 Å². The van der Waals surface area contributed by atoms with Gasteiger partial charge in [-0.15, -0.1) is 0 Å². The quantitative estimate of drug-likeness (QED) is 0.795. The Bertz CT molecular complexity index is 579. The van der Waals surface area contributed by atoms with Crippen LogP contribution in [0.5, 0.6) is 0 Å². The van der Waals surface area contributed by atoms with Gasteiger partial charge in [0.1, 0.15) is 8.07 Å². The zero-order chi connectivity index (χ0) is 15.8. The fourth-order valence-corrected chi connectivity index (χ4v) is 4.19. The fourth-order valence-electron chi connectivity index (χ4n) is 2.24. The minimum absolute atomic E-state index is 0.324. The van der Waals surface area contributed by atoms with Gasteiger partial charge >= 0.3 is 0 Å². The molecular formula is C19H24O2Si. The van der Waals surface area contributed by atoms with Crippen LogP contribution in [0.3, 0.4) is 0 Å². The summed E-state index contributed by atoms with van der Waals surface area (Å²) < 4.78 is 5.57. The van der Waals surface area contributed by atoms with E-state index in [9.17, 15) is 5.11 Å². The van der Waals surface area contributed by atoms with Crippen molar-refractivity contribution in [1.29, 1.82) is 0 Å². The van der Waals surface area contributed by atoms with E-state index in [1.165, 1.54) is 5.19 Å². The van der Waals surface area contributed by atoms with E-state index in [-0.39, 0.29) is 0 Å². The molecule has 2 rings (SSSR count). The third-order valence-electron chi connectivity index (χ3n) is 3.65. The molecule has 0 aliphatic heterocycles. The SMILES string of the molecule is C[Si](C)(/C=C\C(O)COCc1ccccc1)c1ccccc1. The molecule has 1 unspecified atom stereocenters. The van der Waals surface area contributed by atoms with Gasteiger partial charge in [0, 0.05) is 0 Å². The van der Waals surface area contributed by atoms with Crippen LogP contribution in [0.1, 0.15) is 5.56 Å². The molecule has 2 aromatic rings. The van der Waals surface area contributed by atoms with Gasteiger partial charge in [0.05, 0.1) is 19.3 Å². The summed E-state index contributed by atoms with van der Waals surface area (Å²) in [5.41, 5.74) is 3.30. The third kappa shape index (κ3) is 5.26. The molecule has 2 nitrogen and oxygen atoms in total. The molecule has 0 heterocycles. The highest BCUT2D eigenvalue weighted by Crippen LogP contribution is 2.07. The van der Waals surface area contributed by atoms with Crippen molar-refractivity contribution in [3.63, 3.8) is 0 Å². The van der Waals surface area contributed by atoms with E-state index in [2.05, 4.69) is 43.1 Å². The molecule has 0 aliphatic rings. The van der Waals surface area contributed by atoms with Gasteiger partial charge < -0.3 is 9.84 Å². The van der Waals surface area contributed by atoms with Crippen molar-refractivity contribution in [2.45, 2.75) is 25.8 Å². The molecule has 1 N–H and O–H groups in total. The highest BCUT2D eigenvalue weighted by Gasteiger charge is 2.19. The Balaban J connectivity index is 1.82. The monoisotopic (exact) mass is 312 g/mol. The first-order valence-electron chi connectivity index (χ1n) is 7.62. The standard InChI is InChI=1S/C19H24O2Si/c1-22(2,19-11-7-4-8-12-19)14-13-18(20)16-21-15-17-9-5-3-6-10-17/h3-14,18,20H,15-16H2,1-2H3/b14-13-. The normalized spacial score (nSPS) is 13.4. The molecule has 0 saturated heterocycles. The zero-order valence-corrected chi connectivity index (χ0v) is 14.3. The summed E-state index contributed by atoms with van der Waals surface area (Å²) in [5, 5.41) is 11.4. The summed E-state index contributed by atoms with van der Waals surface area (Å²) in [6, 6.07) is 20.5. The number of hydrogen-bond acceptors (Lipinski definition) is 2. The summed E-state index contributed by atoms with van der Waals surface area (Å²) in [6.07, 6.45) is 1.32. The maximum Gasteiger partial charge on any atom is 0.103 e. The molecule has 0 spiro atoms. The van der Waals surface area contributed by atoms with Crippen LogP contribution in [0.4, 0.5) is 0 Å². The molecule has 0 fully saturated rings. The summed E-state index contributed by atoms with van der Waals surface area (Å²) in [4.78, 5) is 0. The summed E-state index contributed by atoms with van der Waals surface area (Å²) in [7, 11) is -1.64. The van der Waals surface area contributed by atoms with E-state index < -0.39 is 14.2 Å². The molecule has 116 valence electrons. The van der Waals surface area contributed by atoms with Crippen molar-refractivity contribution >= 4 is 13.3 Å². The largest absolute Gasteiger partial charge is 0.387 e. The fraction of sp³-hybridized carbons (Fsp3) is 0.263. The number of benzene rings is 2. The Hall–Kier alpha value is -1.68. The average molecular weight is 312 g/mol. The third-order valence-corrected chi connectivity index (χ3v) is 6.50. The molecule has 0 amide bonds. The molecule has 3 heteroatoms. The van der Waals surface area contributed by atoms with Crippen LogP contribution in [-0.4, -0.2) is 25.9 Å². The molecule has 0 bridgehead atoms. The van der Waals surface area contributed by atoms with Gasteiger partial charge in [-0.3, -0.25) is 0 Å². The first kappa shape index (κ1) is 16.7. The molecule has 22 heavy (non-hydrogen) atoms. The highest BCUT2D eigenvalue weighted by molar-refractivity contribution is 6.93. The molecule has 1 atom stereocenters. The minimum Gasteiger partial charge on any atom is -0.387 e. The number of aliphatic hydroxyl groups is 1. The van der Waals surface area contributed by atoms with E-state index in [0.717, 1.165) is 5.56 Å². The Morgan fingerprint density at radius 1 is 1.00 bits per heavy atom. The second-order valence-corrected chi connectivity index (χ2v) is 10.4. The van der Waals surface area contributed by atoms with Gasteiger partial charge in [-0.05, 0) is 5.56 Å². The first-order chi connectivity index (χ1) is 10.6. The lowest BCUT2D eigenvalue weighted by Crippen LogP contribution is -2.39. The van der Waals surface area contributed by atoms with E-state index in [1.54, 1.807) is 0 Å². The molecular weight excluding hydrogens is 288 g/mol. The second-order valence-electron chi connectivity index (χ2n) is 6.01. The molecule has 0 aromatic heterocycles. The Morgan fingerprint density at radius 3 is 2.23 bits per heavy atom. The zero-order valence-electron chi connectivity index (χ0n) is 13.3. The van der Waals surface area contributed by atoms with Gasteiger partial charge in [-0.2, -0.15) is 0 Å².